The molecular weight excluding hydrogens is 496 g/mol. The maximum absolute atomic E-state index is 10.5. The molecule has 0 aliphatic rings. The van der Waals surface area contributed by atoms with Gasteiger partial charge in [-0.15, -0.1) is 0 Å². The van der Waals surface area contributed by atoms with Crippen LogP contribution in [0.5, 0.6) is 23.0 Å². The summed E-state index contributed by atoms with van der Waals surface area (Å²) in [5.41, 5.74) is 8.93. The highest BCUT2D eigenvalue weighted by Gasteiger charge is 2.41. The second-order valence-corrected chi connectivity index (χ2v) is 10.8. The lowest BCUT2D eigenvalue weighted by Gasteiger charge is -2.39. The summed E-state index contributed by atoms with van der Waals surface area (Å²) >= 11 is 0. The van der Waals surface area contributed by atoms with Crippen LogP contribution in [0.2, 0.25) is 0 Å². The highest BCUT2D eigenvalue weighted by atomic mass is 16.3. The third kappa shape index (κ3) is 4.36. The standard InChI is InChI=1S/C36H34O4/c1-21-7-6-8-30(35(21)26-9-13-31(37)22(2)17-26)36(27-10-14-32(38)23(3)18-27,28-11-15-33(39)24(4)19-28)29-12-16-34(40)25(5)20-29/h6-20,37-40H,1-5H3. The van der Waals surface area contributed by atoms with E-state index in [0.717, 1.165) is 61.2 Å². The normalized spacial score (nSPS) is 11.5. The van der Waals surface area contributed by atoms with Gasteiger partial charge in [-0.05, 0) is 126 Å². The lowest BCUT2D eigenvalue weighted by molar-refractivity contribution is 0.469. The van der Waals surface area contributed by atoms with E-state index in [1.165, 1.54) is 0 Å². The molecule has 4 N–H and O–H groups in total. The minimum Gasteiger partial charge on any atom is -0.508 e. The average Bonchev–Trinajstić information content (AvgIpc) is 2.92. The minimum atomic E-state index is -0.900. The number of hydrogen-bond acceptors (Lipinski definition) is 4. The van der Waals surface area contributed by atoms with E-state index in [2.05, 4.69) is 19.1 Å². The molecule has 0 saturated heterocycles. The maximum Gasteiger partial charge on any atom is 0.118 e. The number of aromatic hydroxyl groups is 4. The van der Waals surface area contributed by atoms with Gasteiger partial charge in [0.05, 0.1) is 5.41 Å². The van der Waals surface area contributed by atoms with Crippen molar-refractivity contribution in [1.82, 2.24) is 0 Å². The summed E-state index contributed by atoms with van der Waals surface area (Å²) in [5, 5.41) is 41.9. The largest absolute Gasteiger partial charge is 0.508 e. The van der Waals surface area contributed by atoms with Crippen LogP contribution in [-0.2, 0) is 5.41 Å². The summed E-state index contributed by atoms with van der Waals surface area (Å²) in [6, 6.07) is 28.9. The number of phenolic OH excluding ortho intramolecular Hbond substituents is 4. The topological polar surface area (TPSA) is 80.9 Å². The smallest absolute Gasteiger partial charge is 0.118 e. The van der Waals surface area contributed by atoms with Gasteiger partial charge >= 0.3 is 0 Å². The maximum atomic E-state index is 10.5. The number of aryl methyl sites for hydroxylation is 5. The molecule has 0 aliphatic carbocycles. The van der Waals surface area contributed by atoms with E-state index < -0.39 is 5.41 Å². The SMILES string of the molecule is Cc1cc(-c2c(C)cccc2C(c2ccc(O)c(C)c2)(c2ccc(O)c(C)c2)c2ccc(O)c(C)c2)ccc1O. The highest BCUT2D eigenvalue weighted by molar-refractivity contribution is 5.78. The van der Waals surface area contributed by atoms with Crippen LogP contribution in [0.25, 0.3) is 11.1 Å². The fraction of sp³-hybridized carbons (Fsp3) is 0.167. The molecule has 40 heavy (non-hydrogen) atoms. The van der Waals surface area contributed by atoms with Crippen LogP contribution >= 0.6 is 0 Å². The van der Waals surface area contributed by atoms with Crippen molar-refractivity contribution in [3.63, 3.8) is 0 Å². The summed E-state index contributed by atoms with van der Waals surface area (Å²) in [4.78, 5) is 0. The Morgan fingerprint density at radius 1 is 0.425 bits per heavy atom. The van der Waals surface area contributed by atoms with Crippen molar-refractivity contribution in [2.45, 2.75) is 40.0 Å². The summed E-state index contributed by atoms with van der Waals surface area (Å²) in [5.74, 6) is 0.864. The molecule has 4 nitrogen and oxygen atoms in total. The molecule has 0 unspecified atom stereocenters. The van der Waals surface area contributed by atoms with E-state index in [-0.39, 0.29) is 23.0 Å². The Morgan fingerprint density at radius 2 is 0.825 bits per heavy atom. The van der Waals surface area contributed by atoms with E-state index in [0.29, 0.717) is 0 Å². The van der Waals surface area contributed by atoms with Crippen LogP contribution in [0.15, 0.2) is 91.0 Å². The molecule has 0 bridgehead atoms. The van der Waals surface area contributed by atoms with Crippen LogP contribution in [0.1, 0.15) is 50.1 Å². The van der Waals surface area contributed by atoms with Crippen LogP contribution < -0.4 is 0 Å². The van der Waals surface area contributed by atoms with Crippen LogP contribution in [-0.4, -0.2) is 20.4 Å². The van der Waals surface area contributed by atoms with Gasteiger partial charge in [-0.3, -0.25) is 0 Å². The molecule has 5 aromatic carbocycles. The molecular formula is C36H34O4. The van der Waals surface area contributed by atoms with Crippen LogP contribution in [0.3, 0.4) is 0 Å². The van der Waals surface area contributed by atoms with E-state index in [1.54, 1.807) is 24.3 Å². The van der Waals surface area contributed by atoms with E-state index in [4.69, 9.17) is 0 Å². The monoisotopic (exact) mass is 530 g/mol. The van der Waals surface area contributed by atoms with Crippen molar-refractivity contribution in [3.8, 4) is 34.1 Å². The number of phenols is 4. The van der Waals surface area contributed by atoms with Crippen molar-refractivity contribution in [2.75, 3.05) is 0 Å². The average molecular weight is 531 g/mol. The van der Waals surface area contributed by atoms with Gasteiger partial charge in [0.25, 0.3) is 0 Å². The Balaban J connectivity index is 2.03. The Morgan fingerprint density at radius 3 is 1.23 bits per heavy atom. The van der Waals surface area contributed by atoms with E-state index in [9.17, 15) is 20.4 Å². The first-order valence-electron chi connectivity index (χ1n) is 13.3. The minimum absolute atomic E-state index is 0.208. The fourth-order valence-electron chi connectivity index (χ4n) is 5.81. The van der Waals surface area contributed by atoms with Crippen LogP contribution in [0.4, 0.5) is 0 Å². The molecule has 0 atom stereocenters. The van der Waals surface area contributed by atoms with Gasteiger partial charge in [-0.2, -0.15) is 0 Å². The molecule has 0 aromatic heterocycles. The van der Waals surface area contributed by atoms with Gasteiger partial charge in [0.1, 0.15) is 23.0 Å². The number of hydrogen-bond donors (Lipinski definition) is 4. The first-order valence-corrected chi connectivity index (χ1v) is 13.3. The lowest BCUT2D eigenvalue weighted by atomic mass is 9.62. The molecule has 202 valence electrons. The summed E-state index contributed by atoms with van der Waals surface area (Å²) in [6.07, 6.45) is 0. The highest BCUT2D eigenvalue weighted by Crippen LogP contribution is 2.51. The zero-order chi connectivity index (χ0) is 28.8. The molecule has 0 fully saturated rings. The third-order valence-electron chi connectivity index (χ3n) is 8.05. The summed E-state index contributed by atoms with van der Waals surface area (Å²) in [7, 11) is 0. The predicted octanol–water partition coefficient (Wildman–Crippen LogP) is 8.10. The van der Waals surface area contributed by atoms with Crippen LogP contribution in [0, 0.1) is 34.6 Å². The molecule has 4 heteroatoms. The van der Waals surface area contributed by atoms with E-state index in [1.807, 2.05) is 82.3 Å². The van der Waals surface area contributed by atoms with Gasteiger partial charge in [0, 0.05) is 0 Å². The molecule has 0 amide bonds. The second kappa shape index (κ2) is 10.1. The molecule has 0 aliphatic heterocycles. The molecule has 0 heterocycles. The van der Waals surface area contributed by atoms with Crippen molar-refractivity contribution in [2.24, 2.45) is 0 Å². The summed E-state index contributed by atoms with van der Waals surface area (Å²) in [6.45, 7) is 9.62. The number of benzene rings is 5. The Labute approximate surface area is 235 Å². The van der Waals surface area contributed by atoms with Gasteiger partial charge in [0.2, 0.25) is 0 Å². The van der Waals surface area contributed by atoms with Gasteiger partial charge < -0.3 is 20.4 Å². The first-order chi connectivity index (χ1) is 19.0. The first kappa shape index (κ1) is 26.9. The van der Waals surface area contributed by atoms with Crippen molar-refractivity contribution < 1.29 is 20.4 Å². The second-order valence-electron chi connectivity index (χ2n) is 10.8. The fourth-order valence-corrected chi connectivity index (χ4v) is 5.81. The third-order valence-corrected chi connectivity index (χ3v) is 8.05. The zero-order valence-corrected chi connectivity index (χ0v) is 23.4. The Kier molecular flexibility index (Phi) is 6.80. The van der Waals surface area contributed by atoms with Gasteiger partial charge in [-0.1, -0.05) is 60.7 Å². The quantitative estimate of drug-likeness (QED) is 0.173. The molecule has 0 saturated carbocycles. The van der Waals surface area contributed by atoms with Gasteiger partial charge in [-0.25, -0.2) is 0 Å². The molecule has 5 aromatic rings. The lowest BCUT2D eigenvalue weighted by Crippen LogP contribution is -2.32. The van der Waals surface area contributed by atoms with Gasteiger partial charge in [0.15, 0.2) is 0 Å². The molecule has 0 spiro atoms. The Hall–Kier alpha value is -4.70. The van der Waals surface area contributed by atoms with Crippen molar-refractivity contribution >= 4 is 0 Å². The zero-order valence-electron chi connectivity index (χ0n) is 23.4. The van der Waals surface area contributed by atoms with Crippen molar-refractivity contribution in [3.05, 3.63) is 141 Å². The molecule has 0 radical (unpaired) electrons. The Bertz CT molecular complexity index is 1620. The summed E-state index contributed by atoms with van der Waals surface area (Å²) < 4.78 is 0. The predicted molar refractivity (Wildman–Crippen MR) is 161 cm³/mol. The molecule has 5 rings (SSSR count). The van der Waals surface area contributed by atoms with Crippen molar-refractivity contribution in [1.29, 1.82) is 0 Å². The van der Waals surface area contributed by atoms with E-state index >= 15 is 0 Å². The number of rotatable bonds is 5.